The molecule has 0 aromatic heterocycles. The van der Waals surface area contributed by atoms with Gasteiger partial charge in [-0.3, -0.25) is 4.90 Å². The Labute approximate surface area is 168 Å². The molecule has 1 unspecified atom stereocenters. The Morgan fingerprint density at radius 1 is 1.14 bits per heavy atom. The number of hydrogen-bond donors (Lipinski definition) is 4. The smallest absolute Gasteiger partial charge is 0.335 e. The van der Waals surface area contributed by atoms with Crippen LogP contribution in [0.1, 0.15) is 40.9 Å². The van der Waals surface area contributed by atoms with E-state index in [4.69, 9.17) is 5.11 Å². The molecule has 1 aliphatic heterocycles. The van der Waals surface area contributed by atoms with Gasteiger partial charge >= 0.3 is 18.0 Å². The van der Waals surface area contributed by atoms with Gasteiger partial charge in [-0.1, -0.05) is 24.3 Å². The highest BCUT2D eigenvalue weighted by atomic mass is 16.4. The normalized spacial score (nSPS) is 14.7. The third-order valence-electron chi connectivity index (χ3n) is 4.79. The second-order valence-electron chi connectivity index (χ2n) is 6.88. The molecule has 2 aromatic rings. The van der Waals surface area contributed by atoms with Crippen LogP contribution in [0, 0.1) is 0 Å². The Morgan fingerprint density at radius 3 is 2.45 bits per heavy atom. The summed E-state index contributed by atoms with van der Waals surface area (Å²) < 4.78 is 0. The molecule has 3 rings (SSSR count). The fourth-order valence-electron chi connectivity index (χ4n) is 3.10. The van der Waals surface area contributed by atoms with Crippen molar-refractivity contribution in [3.8, 4) is 0 Å². The molecule has 8 heteroatoms. The molecule has 2 aromatic carbocycles. The van der Waals surface area contributed by atoms with Gasteiger partial charge in [0.2, 0.25) is 0 Å². The van der Waals surface area contributed by atoms with E-state index in [0.717, 1.165) is 23.2 Å². The summed E-state index contributed by atoms with van der Waals surface area (Å²) >= 11 is 0. The Kier molecular flexibility index (Phi) is 6.33. The first-order valence-electron chi connectivity index (χ1n) is 9.46. The van der Waals surface area contributed by atoms with E-state index in [0.29, 0.717) is 19.6 Å². The molecule has 1 atom stereocenters. The molecule has 1 saturated heterocycles. The fourth-order valence-corrected chi connectivity index (χ4v) is 3.10. The minimum atomic E-state index is -0.983. The molecule has 0 radical (unpaired) electrons. The van der Waals surface area contributed by atoms with E-state index in [1.54, 1.807) is 17.0 Å². The number of carbonyl (C=O) groups excluding carboxylic acids is 2. The van der Waals surface area contributed by atoms with E-state index < -0.39 is 5.97 Å². The lowest BCUT2D eigenvalue weighted by Gasteiger charge is -2.27. The third-order valence-corrected chi connectivity index (χ3v) is 4.79. The molecule has 8 nitrogen and oxygen atoms in total. The maximum Gasteiger partial charge on any atom is 0.335 e. The molecule has 0 saturated carbocycles. The lowest BCUT2D eigenvalue weighted by molar-refractivity contribution is 0.0696. The zero-order chi connectivity index (χ0) is 20.8. The molecule has 152 valence electrons. The van der Waals surface area contributed by atoms with Crippen molar-refractivity contribution >= 4 is 23.7 Å². The predicted molar refractivity (Wildman–Crippen MR) is 109 cm³/mol. The summed E-state index contributed by atoms with van der Waals surface area (Å²) in [6.07, 6.45) is 0.907. The molecular formula is C21H24N4O4. The minimum Gasteiger partial charge on any atom is -0.478 e. The first kappa shape index (κ1) is 20.2. The van der Waals surface area contributed by atoms with Gasteiger partial charge in [-0.15, -0.1) is 0 Å². The van der Waals surface area contributed by atoms with Crippen LogP contribution in [0.2, 0.25) is 0 Å². The van der Waals surface area contributed by atoms with Gasteiger partial charge in [-0.05, 0) is 48.7 Å². The van der Waals surface area contributed by atoms with Crippen molar-refractivity contribution in [2.24, 2.45) is 0 Å². The van der Waals surface area contributed by atoms with Gasteiger partial charge < -0.3 is 21.1 Å². The number of rotatable bonds is 6. The van der Waals surface area contributed by atoms with Crippen LogP contribution in [0.4, 0.5) is 15.3 Å². The molecule has 4 N–H and O–H groups in total. The third kappa shape index (κ3) is 5.25. The fraction of sp³-hybridized carbons (Fsp3) is 0.286. The van der Waals surface area contributed by atoms with Crippen molar-refractivity contribution in [3.63, 3.8) is 0 Å². The van der Waals surface area contributed by atoms with Crippen LogP contribution >= 0.6 is 0 Å². The van der Waals surface area contributed by atoms with Crippen LogP contribution < -0.4 is 20.9 Å². The van der Waals surface area contributed by atoms with E-state index in [9.17, 15) is 14.4 Å². The van der Waals surface area contributed by atoms with Crippen molar-refractivity contribution in [1.29, 1.82) is 0 Å². The maximum atomic E-state index is 12.2. The van der Waals surface area contributed by atoms with Crippen LogP contribution in [0.5, 0.6) is 0 Å². The van der Waals surface area contributed by atoms with Crippen molar-refractivity contribution in [2.75, 3.05) is 18.0 Å². The molecular weight excluding hydrogens is 372 g/mol. The SMILES string of the molecule is CC(NC(=O)NCc1ccc(C(=O)O)cc1)c1ccc(N2CCCNC2=O)cc1. The molecule has 0 spiro atoms. The van der Waals surface area contributed by atoms with Crippen LogP contribution in [0.15, 0.2) is 48.5 Å². The number of anilines is 1. The van der Waals surface area contributed by atoms with Gasteiger partial charge in [0, 0.05) is 25.3 Å². The number of carbonyl (C=O) groups is 3. The van der Waals surface area contributed by atoms with Gasteiger partial charge in [0.1, 0.15) is 0 Å². The van der Waals surface area contributed by atoms with Crippen LogP contribution in [-0.4, -0.2) is 36.2 Å². The summed E-state index contributed by atoms with van der Waals surface area (Å²) in [5, 5.41) is 17.4. The molecule has 29 heavy (non-hydrogen) atoms. The second kappa shape index (κ2) is 9.09. The highest BCUT2D eigenvalue weighted by Crippen LogP contribution is 2.20. The number of hydrogen-bond acceptors (Lipinski definition) is 3. The summed E-state index contributed by atoms with van der Waals surface area (Å²) in [7, 11) is 0. The van der Waals surface area contributed by atoms with E-state index in [1.807, 2.05) is 31.2 Å². The number of amides is 4. The Balaban J connectivity index is 1.51. The maximum absolute atomic E-state index is 12.2. The van der Waals surface area contributed by atoms with Gasteiger partial charge in [-0.2, -0.15) is 0 Å². The monoisotopic (exact) mass is 396 g/mol. The van der Waals surface area contributed by atoms with Crippen molar-refractivity contribution in [2.45, 2.75) is 25.9 Å². The largest absolute Gasteiger partial charge is 0.478 e. The number of benzene rings is 2. The topological polar surface area (TPSA) is 111 Å². The highest BCUT2D eigenvalue weighted by Gasteiger charge is 2.19. The van der Waals surface area contributed by atoms with Gasteiger partial charge in [-0.25, -0.2) is 14.4 Å². The second-order valence-corrected chi connectivity index (χ2v) is 6.88. The van der Waals surface area contributed by atoms with Gasteiger partial charge in [0.25, 0.3) is 0 Å². The Morgan fingerprint density at radius 2 is 1.83 bits per heavy atom. The first-order chi connectivity index (χ1) is 13.9. The average molecular weight is 396 g/mol. The molecule has 4 amide bonds. The standard InChI is InChI=1S/C21H24N4O4/c1-14(16-7-9-18(10-8-16)25-12-2-11-22-21(25)29)24-20(28)23-13-15-3-5-17(6-4-15)19(26)27/h3-10,14H,2,11-13H2,1H3,(H,22,29)(H,26,27)(H2,23,24,28). The number of carboxylic acid groups (broad SMARTS) is 1. The summed E-state index contributed by atoms with van der Waals surface area (Å²) in [4.78, 5) is 36.6. The molecule has 0 aliphatic carbocycles. The van der Waals surface area contributed by atoms with Crippen molar-refractivity contribution in [3.05, 3.63) is 65.2 Å². The lowest BCUT2D eigenvalue weighted by atomic mass is 10.1. The summed E-state index contributed by atoms with van der Waals surface area (Å²) in [6, 6.07) is 13.3. The summed E-state index contributed by atoms with van der Waals surface area (Å²) in [5.74, 6) is -0.983. The van der Waals surface area contributed by atoms with E-state index in [-0.39, 0.29) is 23.7 Å². The van der Waals surface area contributed by atoms with E-state index in [2.05, 4.69) is 16.0 Å². The quantitative estimate of drug-likeness (QED) is 0.602. The Hall–Kier alpha value is -3.55. The van der Waals surface area contributed by atoms with Gasteiger partial charge in [0.05, 0.1) is 11.6 Å². The minimum absolute atomic E-state index is 0.0917. The summed E-state index contributed by atoms with van der Waals surface area (Å²) in [5.41, 5.74) is 2.76. The molecule has 0 bridgehead atoms. The molecule has 1 aliphatic rings. The van der Waals surface area contributed by atoms with Crippen molar-refractivity contribution in [1.82, 2.24) is 16.0 Å². The Bertz CT molecular complexity index is 881. The lowest BCUT2D eigenvalue weighted by Crippen LogP contribution is -2.46. The predicted octanol–water partition coefficient (Wildman–Crippen LogP) is 2.86. The summed E-state index contributed by atoms with van der Waals surface area (Å²) in [6.45, 7) is 3.56. The number of aromatic carboxylic acids is 1. The molecule has 1 heterocycles. The average Bonchev–Trinajstić information content (AvgIpc) is 2.73. The first-order valence-corrected chi connectivity index (χ1v) is 9.46. The number of nitrogens with zero attached hydrogens (tertiary/aromatic N) is 1. The number of carboxylic acids is 1. The van der Waals surface area contributed by atoms with Crippen LogP contribution in [0.3, 0.4) is 0 Å². The molecule has 1 fully saturated rings. The zero-order valence-electron chi connectivity index (χ0n) is 16.1. The van der Waals surface area contributed by atoms with E-state index >= 15 is 0 Å². The van der Waals surface area contributed by atoms with Crippen LogP contribution in [-0.2, 0) is 6.54 Å². The highest BCUT2D eigenvalue weighted by molar-refractivity contribution is 5.92. The number of nitrogens with one attached hydrogen (secondary N) is 3. The van der Waals surface area contributed by atoms with Crippen molar-refractivity contribution < 1.29 is 19.5 Å². The number of urea groups is 2. The van der Waals surface area contributed by atoms with E-state index in [1.165, 1.54) is 12.1 Å². The van der Waals surface area contributed by atoms with Crippen LogP contribution in [0.25, 0.3) is 0 Å². The zero-order valence-corrected chi connectivity index (χ0v) is 16.1. The van der Waals surface area contributed by atoms with Gasteiger partial charge in [0.15, 0.2) is 0 Å².